The first-order chi connectivity index (χ1) is 9.10. The summed E-state index contributed by atoms with van der Waals surface area (Å²) in [7, 11) is 1.34. The van der Waals surface area contributed by atoms with Crippen LogP contribution in [0.1, 0.15) is 21.7 Å². The van der Waals surface area contributed by atoms with E-state index in [0.29, 0.717) is 22.9 Å². The first-order valence-corrected chi connectivity index (χ1v) is 6.13. The normalized spacial score (nSPS) is 10.3. The molecule has 1 heterocycles. The number of nitrogens with one attached hydrogen (secondary N) is 1. The molecule has 2 rings (SSSR count). The monoisotopic (exact) mass is 279 g/mol. The van der Waals surface area contributed by atoms with E-state index in [2.05, 4.69) is 10.1 Å². The quantitative estimate of drug-likeness (QED) is 0.868. The van der Waals surface area contributed by atoms with Gasteiger partial charge in [-0.3, -0.25) is 0 Å². The molecule has 19 heavy (non-hydrogen) atoms. The van der Waals surface area contributed by atoms with Gasteiger partial charge < -0.3 is 14.5 Å². The van der Waals surface area contributed by atoms with Gasteiger partial charge in [-0.2, -0.15) is 0 Å². The molecule has 0 saturated carbocycles. The Morgan fingerprint density at radius 3 is 2.89 bits per heavy atom. The van der Waals surface area contributed by atoms with Crippen molar-refractivity contribution in [2.45, 2.75) is 13.5 Å². The van der Waals surface area contributed by atoms with Crippen molar-refractivity contribution < 1.29 is 13.9 Å². The fourth-order valence-corrected chi connectivity index (χ4v) is 1.93. The van der Waals surface area contributed by atoms with Gasteiger partial charge in [0.1, 0.15) is 12.0 Å². The molecule has 0 bridgehead atoms. The van der Waals surface area contributed by atoms with Crippen molar-refractivity contribution >= 4 is 23.3 Å². The van der Waals surface area contributed by atoms with Gasteiger partial charge in [0, 0.05) is 10.7 Å². The Kier molecular flexibility index (Phi) is 4.12. The fraction of sp³-hybridized carbons (Fsp3) is 0.214. The molecular weight excluding hydrogens is 266 g/mol. The number of hydrogen-bond donors (Lipinski definition) is 1. The van der Waals surface area contributed by atoms with Crippen molar-refractivity contribution in [2.75, 3.05) is 12.4 Å². The molecule has 0 aliphatic heterocycles. The predicted molar refractivity (Wildman–Crippen MR) is 73.6 cm³/mol. The largest absolute Gasteiger partial charge is 0.467 e. The van der Waals surface area contributed by atoms with Gasteiger partial charge in [0.05, 0.1) is 19.2 Å². The maximum absolute atomic E-state index is 11.3. The number of carbonyl (C=O) groups is 1. The van der Waals surface area contributed by atoms with Crippen LogP contribution in [0.2, 0.25) is 5.02 Å². The van der Waals surface area contributed by atoms with Crippen LogP contribution in [-0.4, -0.2) is 13.1 Å². The summed E-state index contributed by atoms with van der Waals surface area (Å²) >= 11 is 5.89. The lowest BCUT2D eigenvalue weighted by Gasteiger charge is -2.08. The summed E-state index contributed by atoms with van der Waals surface area (Å²) in [5.74, 6) is 0.257. The highest BCUT2D eigenvalue weighted by atomic mass is 35.5. The highest BCUT2D eigenvalue weighted by Crippen LogP contribution is 2.20. The molecule has 0 atom stereocenters. The van der Waals surface area contributed by atoms with Crippen LogP contribution < -0.4 is 5.32 Å². The first kappa shape index (κ1) is 13.5. The maximum atomic E-state index is 11.3. The fourth-order valence-electron chi connectivity index (χ4n) is 1.71. The minimum absolute atomic E-state index is 0.405. The standard InChI is InChI=1S/C14H14ClNO3/c1-9-5-11(15)3-4-13(9)16-7-12-6-10(8-19-12)14(17)18-2/h3-6,8,16H,7H2,1-2H3. The average Bonchev–Trinajstić information content (AvgIpc) is 2.85. The van der Waals surface area contributed by atoms with Crippen molar-refractivity contribution in [1.82, 2.24) is 0 Å². The number of aryl methyl sites for hydroxylation is 1. The second-order valence-electron chi connectivity index (χ2n) is 4.11. The molecule has 1 aromatic carbocycles. The van der Waals surface area contributed by atoms with E-state index in [9.17, 15) is 4.79 Å². The van der Waals surface area contributed by atoms with Crippen molar-refractivity contribution in [3.8, 4) is 0 Å². The lowest BCUT2D eigenvalue weighted by molar-refractivity contribution is 0.0600. The van der Waals surface area contributed by atoms with Gasteiger partial charge in [-0.1, -0.05) is 11.6 Å². The zero-order valence-electron chi connectivity index (χ0n) is 10.7. The van der Waals surface area contributed by atoms with Gasteiger partial charge in [-0.25, -0.2) is 4.79 Å². The number of esters is 1. The Bertz CT molecular complexity index is 592. The number of anilines is 1. The summed E-state index contributed by atoms with van der Waals surface area (Å²) < 4.78 is 9.89. The SMILES string of the molecule is COC(=O)c1coc(CNc2ccc(Cl)cc2C)c1. The number of furan rings is 1. The van der Waals surface area contributed by atoms with Crippen molar-refractivity contribution in [2.24, 2.45) is 0 Å². The van der Waals surface area contributed by atoms with Crippen LogP contribution in [0.25, 0.3) is 0 Å². The lowest BCUT2D eigenvalue weighted by atomic mass is 10.2. The second kappa shape index (κ2) is 5.80. The number of carbonyl (C=O) groups excluding carboxylic acids is 1. The molecule has 0 saturated heterocycles. The van der Waals surface area contributed by atoms with Gasteiger partial charge in [-0.15, -0.1) is 0 Å². The number of methoxy groups -OCH3 is 1. The average molecular weight is 280 g/mol. The molecule has 0 radical (unpaired) electrons. The molecule has 0 spiro atoms. The molecule has 0 amide bonds. The summed E-state index contributed by atoms with van der Waals surface area (Å²) in [6.45, 7) is 2.45. The predicted octanol–water partition coefficient (Wildman–Crippen LogP) is 3.64. The summed E-state index contributed by atoms with van der Waals surface area (Å²) in [5, 5.41) is 3.93. The molecule has 1 N–H and O–H groups in total. The highest BCUT2D eigenvalue weighted by molar-refractivity contribution is 6.30. The topological polar surface area (TPSA) is 51.5 Å². The minimum Gasteiger partial charge on any atom is -0.467 e. The maximum Gasteiger partial charge on any atom is 0.341 e. The molecule has 5 heteroatoms. The molecule has 0 unspecified atom stereocenters. The molecule has 0 aliphatic rings. The highest BCUT2D eigenvalue weighted by Gasteiger charge is 2.10. The van der Waals surface area contributed by atoms with E-state index in [1.807, 2.05) is 25.1 Å². The first-order valence-electron chi connectivity index (χ1n) is 5.76. The Hall–Kier alpha value is -1.94. The molecule has 4 nitrogen and oxygen atoms in total. The van der Waals surface area contributed by atoms with E-state index in [4.69, 9.17) is 16.0 Å². The third-order valence-electron chi connectivity index (χ3n) is 2.72. The summed E-state index contributed by atoms with van der Waals surface area (Å²) in [4.78, 5) is 11.3. The van der Waals surface area contributed by atoms with E-state index in [1.54, 1.807) is 6.07 Å². The molecular formula is C14H14ClNO3. The Morgan fingerprint density at radius 2 is 2.21 bits per heavy atom. The number of ether oxygens (including phenoxy) is 1. The van der Waals surface area contributed by atoms with Crippen LogP contribution in [-0.2, 0) is 11.3 Å². The van der Waals surface area contributed by atoms with E-state index in [-0.39, 0.29) is 0 Å². The summed E-state index contributed by atoms with van der Waals surface area (Å²) in [6.07, 6.45) is 1.39. The zero-order chi connectivity index (χ0) is 13.8. The minimum atomic E-state index is -0.405. The van der Waals surface area contributed by atoms with Gasteiger partial charge >= 0.3 is 5.97 Å². The van der Waals surface area contributed by atoms with Crippen LogP contribution >= 0.6 is 11.6 Å². The number of rotatable bonds is 4. The van der Waals surface area contributed by atoms with Crippen LogP contribution in [0.4, 0.5) is 5.69 Å². The van der Waals surface area contributed by atoms with Crippen LogP contribution in [0.3, 0.4) is 0 Å². The molecule has 2 aromatic rings. The van der Waals surface area contributed by atoms with Crippen molar-refractivity contribution in [3.63, 3.8) is 0 Å². The van der Waals surface area contributed by atoms with Gasteiger partial charge in [0.2, 0.25) is 0 Å². The third-order valence-corrected chi connectivity index (χ3v) is 2.95. The molecule has 0 aliphatic carbocycles. The van der Waals surface area contributed by atoms with Gasteiger partial charge in [0.25, 0.3) is 0 Å². The van der Waals surface area contributed by atoms with Crippen LogP contribution in [0, 0.1) is 6.92 Å². The van der Waals surface area contributed by atoms with Crippen LogP contribution in [0.15, 0.2) is 34.9 Å². The van der Waals surface area contributed by atoms with E-state index < -0.39 is 5.97 Å². The van der Waals surface area contributed by atoms with E-state index >= 15 is 0 Å². The molecule has 0 fully saturated rings. The molecule has 100 valence electrons. The van der Waals surface area contributed by atoms with Crippen molar-refractivity contribution in [3.05, 3.63) is 52.4 Å². The Morgan fingerprint density at radius 1 is 1.42 bits per heavy atom. The summed E-state index contributed by atoms with van der Waals surface area (Å²) in [6, 6.07) is 7.26. The molecule has 1 aromatic heterocycles. The second-order valence-corrected chi connectivity index (χ2v) is 4.54. The van der Waals surface area contributed by atoms with Crippen LogP contribution in [0.5, 0.6) is 0 Å². The zero-order valence-corrected chi connectivity index (χ0v) is 11.5. The van der Waals surface area contributed by atoms with E-state index in [1.165, 1.54) is 13.4 Å². The van der Waals surface area contributed by atoms with Gasteiger partial charge in [-0.05, 0) is 36.8 Å². The Balaban J connectivity index is 2.02. The number of hydrogen-bond acceptors (Lipinski definition) is 4. The number of halogens is 1. The van der Waals surface area contributed by atoms with Crippen molar-refractivity contribution in [1.29, 1.82) is 0 Å². The number of benzene rings is 1. The third kappa shape index (κ3) is 3.29. The van der Waals surface area contributed by atoms with Gasteiger partial charge in [0.15, 0.2) is 0 Å². The lowest BCUT2D eigenvalue weighted by Crippen LogP contribution is -2.01. The summed E-state index contributed by atoms with van der Waals surface area (Å²) in [5.41, 5.74) is 2.43. The van der Waals surface area contributed by atoms with E-state index in [0.717, 1.165) is 11.3 Å². The smallest absolute Gasteiger partial charge is 0.341 e. The Labute approximate surface area is 116 Å².